The SMILES string of the molecule is CCCCCCCCCCCCc1c(S(=O)(=O)O)c(O)c2ccccc2c1CCCCCCCCCCCC. The second kappa shape index (κ2) is 19.5. The van der Waals surface area contributed by atoms with E-state index in [0.29, 0.717) is 17.4 Å². The van der Waals surface area contributed by atoms with Crippen molar-refractivity contribution in [2.45, 2.75) is 160 Å². The minimum absolute atomic E-state index is 0.265. The lowest BCUT2D eigenvalue weighted by atomic mass is 9.90. The van der Waals surface area contributed by atoms with E-state index >= 15 is 0 Å². The van der Waals surface area contributed by atoms with Gasteiger partial charge in [0.15, 0.2) is 0 Å². The van der Waals surface area contributed by atoms with Gasteiger partial charge in [-0.3, -0.25) is 4.55 Å². The minimum atomic E-state index is -4.54. The molecular weight excluding hydrogens is 504 g/mol. The number of rotatable bonds is 23. The zero-order valence-electron chi connectivity index (χ0n) is 25.0. The standard InChI is InChI=1S/C34H56O4S/c1-3-5-7-9-11-13-15-17-19-21-25-30-29-26-23-24-27-31(29)33(35)34(39(36,37)38)32(30)28-22-20-18-16-14-12-10-8-6-4-2/h23-24,26-27,35H,3-22,25,28H2,1-2H3,(H,36,37,38). The quantitative estimate of drug-likeness (QED) is 0.105. The molecule has 0 aliphatic carbocycles. The Morgan fingerprint density at radius 3 is 1.31 bits per heavy atom. The minimum Gasteiger partial charge on any atom is -0.506 e. The van der Waals surface area contributed by atoms with Crippen LogP contribution < -0.4 is 0 Å². The predicted molar refractivity (Wildman–Crippen MR) is 167 cm³/mol. The third-order valence-corrected chi connectivity index (χ3v) is 9.14. The molecule has 0 fully saturated rings. The number of phenols is 1. The first-order valence-electron chi connectivity index (χ1n) is 16.1. The molecule has 0 aliphatic heterocycles. The van der Waals surface area contributed by atoms with Gasteiger partial charge in [0.25, 0.3) is 10.1 Å². The second-order valence-electron chi connectivity index (χ2n) is 11.5. The van der Waals surface area contributed by atoms with Gasteiger partial charge in [-0.2, -0.15) is 8.42 Å². The van der Waals surface area contributed by atoms with Crippen LogP contribution in [0.1, 0.15) is 153 Å². The van der Waals surface area contributed by atoms with E-state index in [-0.39, 0.29) is 10.6 Å². The topological polar surface area (TPSA) is 74.6 Å². The predicted octanol–water partition coefficient (Wildman–Crippen LogP) is 10.7. The Bertz CT molecular complexity index is 1040. The van der Waals surface area contributed by atoms with E-state index in [2.05, 4.69) is 13.8 Å². The van der Waals surface area contributed by atoms with Crippen LogP contribution >= 0.6 is 0 Å². The summed E-state index contributed by atoms with van der Waals surface area (Å²) in [7, 11) is -4.54. The molecule has 222 valence electrons. The number of benzene rings is 2. The molecule has 0 aliphatic rings. The molecule has 0 saturated heterocycles. The van der Waals surface area contributed by atoms with Crippen molar-refractivity contribution in [1.29, 1.82) is 0 Å². The molecule has 0 aromatic heterocycles. The van der Waals surface area contributed by atoms with Gasteiger partial charge in [0, 0.05) is 5.39 Å². The number of hydrogen-bond acceptors (Lipinski definition) is 3. The first kappa shape index (κ1) is 33.6. The Kier molecular flexibility index (Phi) is 16.8. The van der Waals surface area contributed by atoms with Crippen LogP contribution in [0.4, 0.5) is 0 Å². The van der Waals surface area contributed by atoms with Crippen molar-refractivity contribution in [1.82, 2.24) is 0 Å². The summed E-state index contributed by atoms with van der Waals surface area (Å²) < 4.78 is 35.1. The van der Waals surface area contributed by atoms with Crippen LogP contribution in [0.5, 0.6) is 5.75 Å². The monoisotopic (exact) mass is 560 g/mol. The van der Waals surface area contributed by atoms with Crippen molar-refractivity contribution in [2.75, 3.05) is 0 Å². The molecule has 0 atom stereocenters. The third kappa shape index (κ3) is 12.2. The van der Waals surface area contributed by atoms with Crippen molar-refractivity contribution in [2.24, 2.45) is 0 Å². The number of phenolic OH excluding ortho intramolecular Hbond substituents is 1. The Morgan fingerprint density at radius 2 is 0.897 bits per heavy atom. The van der Waals surface area contributed by atoms with Gasteiger partial charge in [-0.15, -0.1) is 0 Å². The summed E-state index contributed by atoms with van der Waals surface area (Å²) in [5, 5.41) is 12.4. The molecule has 0 heterocycles. The van der Waals surface area contributed by atoms with Gasteiger partial charge in [-0.25, -0.2) is 0 Å². The molecule has 0 bridgehead atoms. The number of hydrogen-bond donors (Lipinski definition) is 2. The molecule has 39 heavy (non-hydrogen) atoms. The van der Waals surface area contributed by atoms with Crippen molar-refractivity contribution in [3.8, 4) is 5.75 Å². The van der Waals surface area contributed by atoms with Gasteiger partial charge in [0.1, 0.15) is 10.6 Å². The second-order valence-corrected chi connectivity index (χ2v) is 12.9. The number of aromatic hydroxyl groups is 1. The van der Waals surface area contributed by atoms with Crippen molar-refractivity contribution in [3.63, 3.8) is 0 Å². The summed E-state index contributed by atoms with van der Waals surface area (Å²) in [6, 6.07) is 7.49. The lowest BCUT2D eigenvalue weighted by molar-refractivity contribution is 0.444. The molecule has 0 unspecified atom stereocenters. The molecule has 0 spiro atoms. The first-order valence-corrected chi connectivity index (χ1v) is 17.6. The largest absolute Gasteiger partial charge is 0.506 e. The van der Waals surface area contributed by atoms with E-state index in [9.17, 15) is 18.1 Å². The maximum absolute atomic E-state index is 12.5. The van der Waals surface area contributed by atoms with E-state index in [4.69, 9.17) is 0 Å². The van der Waals surface area contributed by atoms with E-state index in [1.807, 2.05) is 18.2 Å². The maximum Gasteiger partial charge on any atom is 0.298 e. The Hall–Kier alpha value is -1.59. The van der Waals surface area contributed by atoms with Gasteiger partial charge in [-0.05, 0) is 42.2 Å². The average molecular weight is 561 g/mol. The van der Waals surface area contributed by atoms with Gasteiger partial charge < -0.3 is 5.11 Å². The molecule has 0 radical (unpaired) electrons. The zero-order valence-corrected chi connectivity index (χ0v) is 25.8. The summed E-state index contributed by atoms with van der Waals surface area (Å²) in [6.07, 6.45) is 25.9. The fraction of sp³-hybridized carbons (Fsp3) is 0.706. The molecule has 2 rings (SSSR count). The maximum atomic E-state index is 12.5. The third-order valence-electron chi connectivity index (χ3n) is 8.18. The summed E-state index contributed by atoms with van der Waals surface area (Å²) in [6.45, 7) is 4.49. The molecule has 2 N–H and O–H groups in total. The van der Waals surface area contributed by atoms with Gasteiger partial charge >= 0.3 is 0 Å². The Labute approximate surface area is 239 Å². The summed E-state index contributed by atoms with van der Waals surface area (Å²) >= 11 is 0. The summed E-state index contributed by atoms with van der Waals surface area (Å²) in [5.74, 6) is -0.304. The fourth-order valence-electron chi connectivity index (χ4n) is 5.92. The van der Waals surface area contributed by atoms with Gasteiger partial charge in [-0.1, -0.05) is 154 Å². The molecule has 5 heteroatoms. The fourth-order valence-corrected chi connectivity index (χ4v) is 6.81. The van der Waals surface area contributed by atoms with Crippen LogP contribution in [0.15, 0.2) is 29.2 Å². The molecular formula is C34H56O4S. The highest BCUT2D eigenvalue weighted by molar-refractivity contribution is 7.86. The Morgan fingerprint density at radius 1 is 0.538 bits per heavy atom. The molecule has 4 nitrogen and oxygen atoms in total. The van der Waals surface area contributed by atoms with Crippen molar-refractivity contribution in [3.05, 3.63) is 35.4 Å². The molecule has 0 amide bonds. The highest BCUT2D eigenvalue weighted by Gasteiger charge is 2.26. The zero-order chi connectivity index (χ0) is 28.3. The first-order chi connectivity index (χ1) is 18.9. The van der Waals surface area contributed by atoms with E-state index in [0.717, 1.165) is 49.5 Å². The lowest BCUT2D eigenvalue weighted by Gasteiger charge is -2.19. The van der Waals surface area contributed by atoms with Crippen LogP contribution in [-0.4, -0.2) is 18.1 Å². The van der Waals surface area contributed by atoms with Crippen LogP contribution in [0.2, 0.25) is 0 Å². The molecule has 2 aromatic carbocycles. The van der Waals surface area contributed by atoms with Gasteiger partial charge in [0.05, 0.1) is 0 Å². The van der Waals surface area contributed by atoms with Crippen molar-refractivity contribution < 1.29 is 18.1 Å². The average Bonchev–Trinajstić information content (AvgIpc) is 2.91. The smallest absolute Gasteiger partial charge is 0.298 e. The van der Waals surface area contributed by atoms with E-state index in [1.54, 1.807) is 6.07 Å². The number of aryl methyl sites for hydroxylation is 1. The molecule has 2 aromatic rings. The molecule has 0 saturated carbocycles. The van der Waals surface area contributed by atoms with E-state index in [1.165, 1.54) is 96.3 Å². The lowest BCUT2D eigenvalue weighted by Crippen LogP contribution is -2.09. The van der Waals surface area contributed by atoms with Crippen LogP contribution in [0.25, 0.3) is 10.8 Å². The summed E-state index contributed by atoms with van der Waals surface area (Å²) in [4.78, 5) is -0.265. The van der Waals surface area contributed by atoms with Crippen LogP contribution in [0, 0.1) is 0 Å². The Balaban J connectivity index is 2.02. The summed E-state index contributed by atoms with van der Waals surface area (Å²) in [5.41, 5.74) is 1.62. The number of unbranched alkanes of at least 4 members (excludes halogenated alkanes) is 18. The highest BCUT2D eigenvalue weighted by Crippen LogP contribution is 2.40. The van der Waals surface area contributed by atoms with Crippen LogP contribution in [-0.2, 0) is 23.0 Å². The van der Waals surface area contributed by atoms with Crippen LogP contribution in [0.3, 0.4) is 0 Å². The normalized spacial score (nSPS) is 12.0. The van der Waals surface area contributed by atoms with E-state index < -0.39 is 10.1 Å². The highest BCUT2D eigenvalue weighted by atomic mass is 32.2. The van der Waals surface area contributed by atoms with Crippen molar-refractivity contribution >= 4 is 20.9 Å². The van der Waals surface area contributed by atoms with Gasteiger partial charge in [0.2, 0.25) is 0 Å². The number of fused-ring (bicyclic) bond motifs is 1.